The average molecular weight is 593 g/mol. The van der Waals surface area contributed by atoms with Crippen LogP contribution in [0.2, 0.25) is 0 Å². The number of ether oxygens (including phenoxy) is 1. The summed E-state index contributed by atoms with van der Waals surface area (Å²) in [5.74, 6) is -3.17. The molecule has 2 unspecified atom stereocenters. The number of benzene rings is 1. The highest BCUT2D eigenvalue weighted by molar-refractivity contribution is 6.68. The average Bonchev–Trinajstić information content (AvgIpc) is 3.15. The number of halogens is 7. The molecule has 2 N–H and O–H groups in total. The van der Waals surface area contributed by atoms with Crippen LogP contribution >= 0.6 is 34.8 Å². The highest BCUT2D eigenvalue weighted by atomic mass is 35.6. The fourth-order valence-electron chi connectivity index (χ4n) is 4.15. The van der Waals surface area contributed by atoms with Crippen LogP contribution in [0.25, 0.3) is 0 Å². The van der Waals surface area contributed by atoms with Crippen LogP contribution in [0, 0.1) is 5.82 Å². The number of amides is 3. The van der Waals surface area contributed by atoms with Crippen molar-refractivity contribution < 1.29 is 36.7 Å². The first-order valence-electron chi connectivity index (χ1n) is 11.0. The van der Waals surface area contributed by atoms with E-state index in [1.165, 1.54) is 34.9 Å². The molecule has 9 nitrogen and oxygen atoms in total. The zero-order valence-corrected chi connectivity index (χ0v) is 21.9. The van der Waals surface area contributed by atoms with E-state index in [2.05, 4.69) is 5.32 Å². The number of nitrogens with zero attached hydrogens (tertiary/aromatic N) is 3. The second-order valence-electron chi connectivity index (χ2n) is 8.64. The van der Waals surface area contributed by atoms with E-state index in [-0.39, 0.29) is 50.0 Å². The number of hydrogen-bond acceptors (Lipinski definition) is 6. The fourth-order valence-corrected chi connectivity index (χ4v) is 4.69. The molecule has 16 heteroatoms. The Hall–Kier alpha value is -2.22. The minimum atomic E-state index is -5.17. The third kappa shape index (κ3) is 7.21. The lowest BCUT2D eigenvalue weighted by atomic mass is 10.1. The summed E-state index contributed by atoms with van der Waals surface area (Å²) >= 11 is 17.6. The largest absolute Gasteiger partial charge is 0.471 e. The maximum atomic E-state index is 15.1. The van der Waals surface area contributed by atoms with Crippen LogP contribution in [-0.4, -0.2) is 83.8 Å². The highest BCUT2D eigenvalue weighted by Crippen LogP contribution is 2.36. The monoisotopic (exact) mass is 591 g/mol. The number of nitrogens with one attached hydrogen (secondary N) is 2. The number of anilines is 2. The van der Waals surface area contributed by atoms with Crippen LogP contribution in [0.4, 0.5) is 33.7 Å². The molecule has 3 atom stereocenters. The lowest BCUT2D eigenvalue weighted by Gasteiger charge is -2.46. The van der Waals surface area contributed by atoms with Gasteiger partial charge in [0.15, 0.2) is 0 Å². The number of carbonyl (C=O) groups is 3. The fraction of sp³-hybridized carbons (Fsp3) is 0.571. The molecule has 0 aliphatic carbocycles. The molecule has 37 heavy (non-hydrogen) atoms. The lowest BCUT2D eigenvalue weighted by molar-refractivity contribution is -0.176. The quantitative estimate of drug-likeness (QED) is 0.390. The Kier molecular flexibility index (Phi) is 8.93. The number of hydrogen-bond donors (Lipinski definition) is 2. The van der Waals surface area contributed by atoms with Crippen molar-refractivity contribution in [2.24, 2.45) is 0 Å². The summed E-state index contributed by atoms with van der Waals surface area (Å²) in [5, 5.41) is 4.28. The summed E-state index contributed by atoms with van der Waals surface area (Å²) in [6, 6.07) is 3.62. The summed E-state index contributed by atoms with van der Waals surface area (Å²) in [4.78, 5) is 39.1. The van der Waals surface area contributed by atoms with Crippen molar-refractivity contribution in [2.75, 3.05) is 42.5 Å². The van der Waals surface area contributed by atoms with Crippen LogP contribution in [-0.2, 0) is 14.3 Å². The van der Waals surface area contributed by atoms with E-state index in [0.717, 1.165) is 0 Å². The molecule has 0 bridgehead atoms. The smallest absolute Gasteiger partial charge is 0.442 e. The molecule has 3 rings (SSSR count). The molecule has 206 valence electrons. The molecular formula is C21H24Cl3F4N5O4. The third-order valence-corrected chi connectivity index (χ3v) is 6.50. The molecule has 1 aromatic carbocycles. The second kappa shape index (κ2) is 11.3. The van der Waals surface area contributed by atoms with Crippen molar-refractivity contribution in [3.8, 4) is 0 Å². The zero-order valence-electron chi connectivity index (χ0n) is 19.6. The Balaban J connectivity index is 1.69. The molecule has 0 spiro atoms. The van der Waals surface area contributed by atoms with Gasteiger partial charge in [0.05, 0.1) is 24.5 Å². The van der Waals surface area contributed by atoms with Gasteiger partial charge in [-0.05, 0) is 25.1 Å². The number of piperazine rings is 1. The van der Waals surface area contributed by atoms with Gasteiger partial charge in [-0.1, -0.05) is 34.8 Å². The predicted molar refractivity (Wildman–Crippen MR) is 129 cm³/mol. The minimum absolute atomic E-state index is 0.0440. The van der Waals surface area contributed by atoms with Gasteiger partial charge in [0.2, 0.25) is 9.70 Å². The summed E-state index contributed by atoms with van der Waals surface area (Å²) in [7, 11) is 0. The second-order valence-corrected chi connectivity index (χ2v) is 11.0. The van der Waals surface area contributed by atoms with Gasteiger partial charge in [-0.25, -0.2) is 9.18 Å². The maximum absolute atomic E-state index is 15.1. The van der Waals surface area contributed by atoms with Crippen LogP contribution in [0.5, 0.6) is 0 Å². The molecule has 2 aliphatic rings. The third-order valence-electron chi connectivity index (χ3n) is 5.88. The van der Waals surface area contributed by atoms with Gasteiger partial charge in [0.1, 0.15) is 18.1 Å². The Morgan fingerprint density at radius 1 is 1.19 bits per heavy atom. The molecular weight excluding hydrogens is 569 g/mol. The van der Waals surface area contributed by atoms with Crippen molar-refractivity contribution in [2.45, 2.75) is 42.1 Å². The molecule has 1 aromatic rings. The van der Waals surface area contributed by atoms with E-state index in [9.17, 15) is 27.6 Å². The van der Waals surface area contributed by atoms with Crippen molar-refractivity contribution in [3.63, 3.8) is 0 Å². The first-order valence-corrected chi connectivity index (χ1v) is 12.2. The van der Waals surface area contributed by atoms with E-state index < -0.39 is 46.1 Å². The SMILES string of the molecule is CC(=O)NC[C@H]1CN(c2ccc(N3CCN(C(NC(=O)C(F)(F)F)C(Cl)(Cl)Cl)C(C)C3)c(F)c2)C(=O)O1. The first-order chi connectivity index (χ1) is 17.1. The van der Waals surface area contributed by atoms with Gasteiger partial charge in [-0.2, -0.15) is 13.2 Å². The van der Waals surface area contributed by atoms with Crippen LogP contribution in [0.1, 0.15) is 13.8 Å². The molecule has 2 saturated heterocycles. The van der Waals surface area contributed by atoms with Crippen molar-refractivity contribution in [1.82, 2.24) is 15.5 Å². The van der Waals surface area contributed by atoms with Crippen molar-refractivity contribution in [1.29, 1.82) is 0 Å². The Morgan fingerprint density at radius 3 is 2.41 bits per heavy atom. The van der Waals surface area contributed by atoms with Crippen molar-refractivity contribution in [3.05, 3.63) is 24.0 Å². The Morgan fingerprint density at radius 2 is 1.86 bits per heavy atom. The van der Waals surface area contributed by atoms with Crippen LogP contribution in [0.15, 0.2) is 18.2 Å². The van der Waals surface area contributed by atoms with Gasteiger partial charge in [0.25, 0.3) is 0 Å². The summed E-state index contributed by atoms with van der Waals surface area (Å²) in [6.45, 7) is 3.54. The molecule has 2 fully saturated rings. The molecule has 2 aliphatic heterocycles. The van der Waals surface area contributed by atoms with Gasteiger partial charge < -0.3 is 20.3 Å². The van der Waals surface area contributed by atoms with Gasteiger partial charge in [-0.3, -0.25) is 19.4 Å². The Bertz CT molecular complexity index is 1040. The van der Waals surface area contributed by atoms with E-state index in [1.807, 2.05) is 0 Å². The summed E-state index contributed by atoms with van der Waals surface area (Å²) in [6.07, 6.45) is -8.02. The normalized spacial score (nSPS) is 22.0. The van der Waals surface area contributed by atoms with Crippen LogP contribution in [0.3, 0.4) is 0 Å². The van der Waals surface area contributed by atoms with E-state index in [1.54, 1.807) is 17.1 Å². The lowest BCUT2D eigenvalue weighted by Crippen LogP contribution is -2.65. The molecule has 0 saturated carbocycles. The Labute approximate surface area is 224 Å². The first kappa shape index (κ1) is 29.3. The summed E-state index contributed by atoms with van der Waals surface area (Å²) in [5.41, 5.74) is 0.455. The van der Waals surface area contributed by atoms with E-state index in [4.69, 9.17) is 39.5 Å². The maximum Gasteiger partial charge on any atom is 0.471 e. The molecule has 0 aromatic heterocycles. The van der Waals surface area contributed by atoms with E-state index >= 15 is 4.39 Å². The van der Waals surface area contributed by atoms with Crippen molar-refractivity contribution >= 4 is 64.1 Å². The summed E-state index contributed by atoms with van der Waals surface area (Å²) < 4.78 is 56.4. The highest BCUT2D eigenvalue weighted by Gasteiger charge is 2.47. The standard InChI is InChI=1S/C21H24Cl3F4N5O4/c1-11-9-31(5-6-32(11)17(20(22,23)24)30-18(35)21(26,27)28)16-4-3-13(7-15(16)25)33-10-14(37-19(33)36)8-29-12(2)34/h3-4,7,11,14,17H,5-6,8-10H2,1-2H3,(H,29,34)(H,30,35)/t11?,14-,17?/m0/s1. The van der Waals surface area contributed by atoms with E-state index in [0.29, 0.717) is 0 Å². The molecule has 2 heterocycles. The predicted octanol–water partition coefficient (Wildman–Crippen LogP) is 3.17. The number of cyclic esters (lactones) is 1. The molecule has 3 amide bonds. The number of carbonyl (C=O) groups excluding carboxylic acids is 3. The van der Waals surface area contributed by atoms with Gasteiger partial charge >= 0.3 is 18.2 Å². The topological polar surface area (TPSA) is 94.2 Å². The van der Waals surface area contributed by atoms with Crippen LogP contribution < -0.4 is 20.4 Å². The van der Waals surface area contributed by atoms with Gasteiger partial charge in [0, 0.05) is 32.6 Å². The number of alkyl halides is 6. The minimum Gasteiger partial charge on any atom is -0.442 e. The van der Waals surface area contributed by atoms with Gasteiger partial charge in [-0.15, -0.1) is 0 Å². The molecule has 0 radical (unpaired) electrons. The zero-order chi connectivity index (χ0) is 27.7. The number of rotatable bonds is 6.